The third-order valence-electron chi connectivity index (χ3n) is 2.46. The molecule has 90 valence electrons. The van der Waals surface area contributed by atoms with Gasteiger partial charge in [-0.15, -0.1) is 0 Å². The predicted molar refractivity (Wildman–Crippen MR) is 64.8 cm³/mol. The Labute approximate surface area is 109 Å². The van der Waals surface area contributed by atoms with Crippen LogP contribution in [0.25, 0.3) is 0 Å². The fourth-order valence-corrected chi connectivity index (χ4v) is 1.93. The Bertz CT molecular complexity index is 477. The minimum absolute atomic E-state index is 0.0635. The topological polar surface area (TPSA) is 51.0 Å². The Morgan fingerprint density at radius 1 is 1.47 bits per heavy atom. The van der Waals surface area contributed by atoms with Crippen LogP contribution in [0.1, 0.15) is 6.92 Å². The molecule has 1 aromatic carbocycles. The lowest BCUT2D eigenvalue weighted by molar-refractivity contribution is -0.136. The van der Waals surface area contributed by atoms with Gasteiger partial charge < -0.3 is 4.74 Å². The molecule has 0 radical (unpaired) electrons. The van der Waals surface area contributed by atoms with Crippen molar-refractivity contribution in [1.29, 1.82) is 0 Å². The van der Waals surface area contributed by atoms with Gasteiger partial charge in [0.05, 0.1) is 11.6 Å². The van der Waals surface area contributed by atoms with Gasteiger partial charge in [-0.25, -0.2) is 4.79 Å². The first-order valence-corrected chi connectivity index (χ1v) is 5.87. The van der Waals surface area contributed by atoms with E-state index in [2.05, 4.69) is 10.2 Å². The molecule has 0 aliphatic carbocycles. The largest absolute Gasteiger partial charge is 0.423 e. The molecule has 1 aromatic rings. The molecule has 2 unspecified atom stereocenters. The zero-order valence-electron chi connectivity index (χ0n) is 9.06. The molecule has 4 nitrogen and oxygen atoms in total. The molecule has 0 fully saturated rings. The first-order valence-electron chi connectivity index (χ1n) is 5.11. The van der Waals surface area contributed by atoms with Gasteiger partial charge in [-0.05, 0) is 18.2 Å². The van der Waals surface area contributed by atoms with E-state index >= 15 is 0 Å². The first kappa shape index (κ1) is 12.3. The molecule has 0 saturated carbocycles. The lowest BCUT2D eigenvalue weighted by Crippen LogP contribution is -2.28. The van der Waals surface area contributed by atoms with Crippen LogP contribution >= 0.6 is 23.2 Å². The van der Waals surface area contributed by atoms with E-state index in [0.29, 0.717) is 16.6 Å². The summed E-state index contributed by atoms with van der Waals surface area (Å²) >= 11 is 11.6. The minimum Gasteiger partial charge on any atom is -0.423 e. The van der Waals surface area contributed by atoms with Crippen LogP contribution in [0, 0.1) is 5.92 Å². The van der Waals surface area contributed by atoms with Gasteiger partial charge in [0, 0.05) is 10.9 Å². The first-order chi connectivity index (χ1) is 8.08. The number of azo groups is 1. The van der Waals surface area contributed by atoms with Gasteiger partial charge in [0.1, 0.15) is 5.75 Å². The van der Waals surface area contributed by atoms with Crippen molar-refractivity contribution in [1.82, 2.24) is 0 Å². The third kappa shape index (κ3) is 2.76. The van der Waals surface area contributed by atoms with E-state index in [4.69, 9.17) is 27.9 Å². The fourth-order valence-electron chi connectivity index (χ4n) is 1.48. The van der Waals surface area contributed by atoms with E-state index in [9.17, 15) is 4.79 Å². The number of benzene rings is 1. The molecule has 0 saturated heterocycles. The lowest BCUT2D eigenvalue weighted by Gasteiger charge is -2.11. The van der Waals surface area contributed by atoms with E-state index in [1.807, 2.05) is 6.92 Å². The molecule has 1 aliphatic rings. The second-order valence-corrected chi connectivity index (χ2v) is 4.70. The Hall–Kier alpha value is -1.13. The molecule has 1 aliphatic heterocycles. The molecule has 17 heavy (non-hydrogen) atoms. The number of halogens is 2. The Morgan fingerprint density at radius 2 is 2.24 bits per heavy atom. The summed E-state index contributed by atoms with van der Waals surface area (Å²) in [4.78, 5) is 11.8. The normalized spacial score (nSPS) is 22.8. The van der Waals surface area contributed by atoms with E-state index in [0.717, 1.165) is 0 Å². The van der Waals surface area contributed by atoms with Gasteiger partial charge in [0.25, 0.3) is 0 Å². The summed E-state index contributed by atoms with van der Waals surface area (Å²) in [6.45, 7) is 2.45. The summed E-state index contributed by atoms with van der Waals surface area (Å²) in [5.41, 5.74) is 0. The van der Waals surface area contributed by atoms with Gasteiger partial charge in [-0.2, -0.15) is 10.2 Å². The average molecular weight is 273 g/mol. The average Bonchev–Trinajstić information content (AvgIpc) is 2.68. The van der Waals surface area contributed by atoms with Gasteiger partial charge in [-0.1, -0.05) is 30.1 Å². The summed E-state index contributed by atoms with van der Waals surface area (Å²) in [5, 5.41) is 8.45. The number of hydrogen-bond acceptors (Lipinski definition) is 4. The summed E-state index contributed by atoms with van der Waals surface area (Å²) in [6, 6.07) is 4.14. The van der Waals surface area contributed by atoms with Gasteiger partial charge >= 0.3 is 5.97 Å². The maximum Gasteiger partial charge on any atom is 0.338 e. The summed E-state index contributed by atoms with van der Waals surface area (Å²) in [5.74, 6) is -0.0908. The highest BCUT2D eigenvalue weighted by atomic mass is 35.5. The number of rotatable bonds is 2. The maximum atomic E-state index is 11.8. The molecule has 6 heteroatoms. The summed E-state index contributed by atoms with van der Waals surface area (Å²) in [7, 11) is 0. The SMILES string of the molecule is CC1CN=NC1C(=O)Oc1ccc(Cl)cc1Cl. The monoisotopic (exact) mass is 272 g/mol. The molecule has 1 heterocycles. The van der Waals surface area contributed by atoms with Gasteiger partial charge in [0.15, 0.2) is 6.04 Å². The molecule has 2 rings (SSSR count). The zero-order valence-corrected chi connectivity index (χ0v) is 10.6. The number of hydrogen-bond donors (Lipinski definition) is 0. The number of carbonyl (C=O) groups excluding carboxylic acids is 1. The highest BCUT2D eigenvalue weighted by Crippen LogP contribution is 2.28. The Balaban J connectivity index is 2.10. The smallest absolute Gasteiger partial charge is 0.338 e. The Morgan fingerprint density at radius 3 is 2.82 bits per heavy atom. The van der Waals surface area contributed by atoms with Crippen LogP contribution < -0.4 is 4.74 Å². The molecule has 0 amide bonds. The van der Waals surface area contributed by atoms with Crippen molar-refractivity contribution in [3.8, 4) is 5.75 Å². The van der Waals surface area contributed by atoms with E-state index in [1.165, 1.54) is 6.07 Å². The third-order valence-corrected chi connectivity index (χ3v) is 2.99. The summed E-state index contributed by atoms with van der Waals surface area (Å²) < 4.78 is 5.17. The number of ether oxygens (including phenoxy) is 1. The van der Waals surface area contributed by atoms with Crippen LogP contribution in [-0.4, -0.2) is 18.6 Å². The van der Waals surface area contributed by atoms with Crippen molar-refractivity contribution < 1.29 is 9.53 Å². The van der Waals surface area contributed by atoms with Crippen LogP contribution in [0.4, 0.5) is 0 Å². The van der Waals surface area contributed by atoms with Crippen LogP contribution in [-0.2, 0) is 4.79 Å². The van der Waals surface area contributed by atoms with Crippen molar-refractivity contribution in [2.24, 2.45) is 16.1 Å². The Kier molecular flexibility index (Phi) is 3.64. The zero-order chi connectivity index (χ0) is 12.4. The van der Waals surface area contributed by atoms with E-state index in [1.54, 1.807) is 12.1 Å². The van der Waals surface area contributed by atoms with Gasteiger partial charge in [-0.3, -0.25) is 0 Å². The minimum atomic E-state index is -0.540. The van der Waals surface area contributed by atoms with Crippen LogP contribution in [0.2, 0.25) is 10.0 Å². The second-order valence-electron chi connectivity index (χ2n) is 3.86. The molecule has 0 spiro atoms. The maximum absolute atomic E-state index is 11.8. The molecule has 2 atom stereocenters. The standard InChI is InChI=1S/C11H10Cl2N2O2/c1-6-5-14-15-10(6)11(16)17-9-3-2-7(12)4-8(9)13/h2-4,6,10H,5H2,1H3. The van der Waals surface area contributed by atoms with Crippen molar-refractivity contribution in [3.05, 3.63) is 28.2 Å². The molecule has 0 aromatic heterocycles. The number of carbonyl (C=O) groups is 1. The quantitative estimate of drug-likeness (QED) is 0.612. The number of nitrogens with zero attached hydrogens (tertiary/aromatic N) is 2. The van der Waals surface area contributed by atoms with Crippen molar-refractivity contribution in [3.63, 3.8) is 0 Å². The molecule has 0 bridgehead atoms. The van der Waals surface area contributed by atoms with Crippen molar-refractivity contribution >= 4 is 29.2 Å². The highest BCUT2D eigenvalue weighted by molar-refractivity contribution is 6.35. The van der Waals surface area contributed by atoms with Crippen LogP contribution in [0.5, 0.6) is 5.75 Å². The molecule has 0 N–H and O–H groups in total. The highest BCUT2D eigenvalue weighted by Gasteiger charge is 2.30. The van der Waals surface area contributed by atoms with Gasteiger partial charge in [0.2, 0.25) is 0 Å². The van der Waals surface area contributed by atoms with E-state index in [-0.39, 0.29) is 11.7 Å². The van der Waals surface area contributed by atoms with Crippen molar-refractivity contribution in [2.45, 2.75) is 13.0 Å². The predicted octanol–water partition coefficient (Wildman–Crippen LogP) is 3.37. The second kappa shape index (κ2) is 5.02. The summed E-state index contributed by atoms with van der Waals surface area (Å²) in [6.07, 6.45) is 0. The fraction of sp³-hybridized carbons (Fsp3) is 0.364. The lowest BCUT2D eigenvalue weighted by atomic mass is 10.1. The molecular weight excluding hydrogens is 263 g/mol. The van der Waals surface area contributed by atoms with Crippen LogP contribution in [0.15, 0.2) is 28.4 Å². The van der Waals surface area contributed by atoms with Crippen molar-refractivity contribution in [2.75, 3.05) is 6.54 Å². The van der Waals surface area contributed by atoms with E-state index < -0.39 is 12.0 Å². The number of esters is 1. The molecular formula is C11H10Cl2N2O2. The van der Waals surface area contributed by atoms with Crippen LogP contribution in [0.3, 0.4) is 0 Å².